The van der Waals surface area contributed by atoms with Crippen molar-refractivity contribution in [3.8, 4) is 28.2 Å². The Labute approximate surface area is 188 Å². The number of nitrogens with zero attached hydrogens (tertiary/aromatic N) is 5. The second-order valence-electron chi connectivity index (χ2n) is 7.64. The molecule has 0 unspecified atom stereocenters. The topological polar surface area (TPSA) is 54.0 Å². The van der Waals surface area contributed by atoms with Crippen LogP contribution in [0.5, 0.6) is 0 Å². The van der Waals surface area contributed by atoms with E-state index >= 15 is 0 Å². The molecule has 0 saturated carbocycles. The largest absolute Gasteiger partial charge is 0.365 e. The Kier molecular flexibility index (Phi) is 6.30. The molecule has 0 fully saturated rings. The van der Waals surface area contributed by atoms with Gasteiger partial charge < -0.3 is 4.90 Å². The molecule has 1 aromatic heterocycles. The minimum atomic E-state index is -0.159. The third-order valence-electron chi connectivity index (χ3n) is 5.88. The fourth-order valence-corrected chi connectivity index (χ4v) is 4.11. The van der Waals surface area contributed by atoms with Crippen LogP contribution in [0.3, 0.4) is 0 Å². The van der Waals surface area contributed by atoms with Crippen LogP contribution in [0.2, 0.25) is 0 Å². The lowest BCUT2D eigenvalue weighted by atomic mass is 10.1. The summed E-state index contributed by atoms with van der Waals surface area (Å²) < 4.78 is 2.33. The van der Waals surface area contributed by atoms with E-state index in [4.69, 9.17) is 10.2 Å². The van der Waals surface area contributed by atoms with Crippen molar-refractivity contribution < 1.29 is 0 Å². The molecule has 0 atom stereocenters. The van der Waals surface area contributed by atoms with Crippen molar-refractivity contribution in [2.45, 2.75) is 27.7 Å². The van der Waals surface area contributed by atoms with Crippen LogP contribution in [-0.2, 0) is 0 Å². The first-order valence-electron chi connectivity index (χ1n) is 11.4. The summed E-state index contributed by atoms with van der Waals surface area (Å²) >= 11 is 0. The highest BCUT2D eigenvalue weighted by Crippen LogP contribution is 2.27. The lowest BCUT2D eigenvalue weighted by Gasteiger charge is -2.14. The van der Waals surface area contributed by atoms with E-state index < -0.39 is 0 Å². The van der Waals surface area contributed by atoms with Gasteiger partial charge in [0.1, 0.15) is 30.2 Å². The zero-order valence-electron chi connectivity index (χ0n) is 19.2. The molecular weight excluding hydrogens is 398 g/mol. The monoisotopic (exact) mass is 428 g/mol. The van der Waals surface area contributed by atoms with Crippen LogP contribution >= 0.6 is 0 Å². The third-order valence-corrected chi connectivity index (χ3v) is 5.88. The van der Waals surface area contributed by atoms with E-state index in [1.807, 2.05) is 60.7 Å². The van der Waals surface area contributed by atoms with Crippen LogP contribution in [-0.4, -0.2) is 41.2 Å². The highest BCUT2D eigenvalue weighted by atomic mass is 16.1. The van der Waals surface area contributed by atoms with Gasteiger partial charge in [-0.3, -0.25) is 4.79 Å². The molecule has 164 valence electrons. The lowest BCUT2D eigenvalue weighted by Crippen LogP contribution is -2.28. The first kappa shape index (κ1) is 21.7. The summed E-state index contributed by atoms with van der Waals surface area (Å²) in [6, 6.07) is 19.3. The number of hydrogen-bond donors (Lipinski definition) is 0. The number of hydrogen-bond acceptors (Lipinski definition) is 4. The highest BCUT2D eigenvalue weighted by molar-refractivity contribution is 5.76. The van der Waals surface area contributed by atoms with Crippen LogP contribution in [0.1, 0.15) is 27.7 Å². The molecule has 0 saturated heterocycles. The van der Waals surface area contributed by atoms with Crippen molar-refractivity contribution in [2.24, 2.45) is 0 Å². The Balaban J connectivity index is 2.01. The van der Waals surface area contributed by atoms with Gasteiger partial charge in [0.15, 0.2) is 5.69 Å². The maximum Gasteiger partial charge on any atom is 0.256 e. The van der Waals surface area contributed by atoms with E-state index in [0.717, 1.165) is 43.0 Å². The fourth-order valence-electron chi connectivity index (χ4n) is 4.11. The summed E-state index contributed by atoms with van der Waals surface area (Å²) in [7, 11) is 0. The summed E-state index contributed by atoms with van der Waals surface area (Å²) in [6.07, 6.45) is 0. The predicted octanol–water partition coefficient (Wildman–Crippen LogP) is 3.50. The number of benzene rings is 2. The summed E-state index contributed by atoms with van der Waals surface area (Å²) in [6.45, 7) is 12.2. The molecule has 32 heavy (non-hydrogen) atoms. The van der Waals surface area contributed by atoms with Crippen molar-refractivity contribution in [3.05, 3.63) is 76.2 Å². The summed E-state index contributed by atoms with van der Waals surface area (Å²) in [5, 5.41) is 10.7. The molecule has 6 heteroatoms. The lowest BCUT2D eigenvalue weighted by molar-refractivity contribution is 0.627. The summed E-state index contributed by atoms with van der Waals surface area (Å²) in [4.78, 5) is 17.4. The average molecular weight is 429 g/mol. The number of rotatable bonds is 8. The first-order valence-corrected chi connectivity index (χ1v) is 11.4. The van der Waals surface area contributed by atoms with Crippen LogP contribution in [0.15, 0.2) is 65.5 Å². The van der Waals surface area contributed by atoms with Crippen molar-refractivity contribution in [1.82, 2.24) is 19.6 Å². The standard InChI is InChI=1S/C26H30N5O/c1-5-29(6-2)23-24(30(7-3)8-4)25(23)31-27-21(19-15-11-9-12-16-19)26(32)22(28-31)20-17-13-10-14-18-20/h9-18H,5-8H2,1-4H3/q+1. The van der Waals surface area contributed by atoms with E-state index in [2.05, 4.69) is 37.2 Å². The molecular formula is C26H30N5O+. The highest BCUT2D eigenvalue weighted by Gasteiger charge is 2.35. The Bertz CT molecular complexity index is 1210. The molecule has 3 aromatic carbocycles. The number of aromatic nitrogens is 3. The van der Waals surface area contributed by atoms with Crippen molar-refractivity contribution in [3.63, 3.8) is 0 Å². The summed E-state index contributed by atoms with van der Waals surface area (Å²) in [5.41, 5.74) is 4.40. The second kappa shape index (κ2) is 9.30. The van der Waals surface area contributed by atoms with E-state index in [1.165, 1.54) is 11.0 Å². The van der Waals surface area contributed by atoms with Gasteiger partial charge in [-0.15, -0.1) is 15.0 Å². The Morgan fingerprint density at radius 1 is 0.781 bits per heavy atom. The van der Waals surface area contributed by atoms with Crippen molar-refractivity contribution in [2.75, 3.05) is 31.1 Å². The quantitative estimate of drug-likeness (QED) is 0.403. The summed E-state index contributed by atoms with van der Waals surface area (Å²) in [5.74, 6) is 0. The minimum Gasteiger partial charge on any atom is -0.365 e. The SMILES string of the molecule is CCN(CC)c1c(-n2nc(-c3ccccc3)c(=O)c(-c3ccccc3)n2)c1=[N+](CC)CC. The van der Waals surface area contributed by atoms with E-state index in [1.54, 1.807) is 4.80 Å². The minimum absolute atomic E-state index is 0.159. The molecule has 6 nitrogen and oxygen atoms in total. The van der Waals surface area contributed by atoms with E-state index in [0.29, 0.717) is 11.4 Å². The maximum atomic E-state index is 13.4. The van der Waals surface area contributed by atoms with Crippen molar-refractivity contribution in [1.29, 1.82) is 0 Å². The van der Waals surface area contributed by atoms with Crippen LogP contribution in [0.4, 0.5) is 5.69 Å². The van der Waals surface area contributed by atoms with Gasteiger partial charge in [-0.05, 0) is 27.7 Å². The van der Waals surface area contributed by atoms with Gasteiger partial charge in [-0.25, -0.2) is 4.58 Å². The molecule has 4 rings (SSSR count). The zero-order valence-corrected chi connectivity index (χ0v) is 19.2. The second-order valence-corrected chi connectivity index (χ2v) is 7.64. The predicted molar refractivity (Wildman–Crippen MR) is 131 cm³/mol. The molecule has 0 amide bonds. The molecule has 0 aliphatic rings. The van der Waals surface area contributed by atoms with Crippen LogP contribution in [0.25, 0.3) is 28.2 Å². The fraction of sp³-hybridized carbons (Fsp3) is 0.308. The average Bonchev–Trinajstić information content (AvgIpc) is 3.57. The maximum absolute atomic E-state index is 13.4. The van der Waals surface area contributed by atoms with Gasteiger partial charge in [-0.2, -0.15) is 0 Å². The number of anilines is 1. The molecule has 0 N–H and O–H groups in total. The van der Waals surface area contributed by atoms with Gasteiger partial charge in [-0.1, -0.05) is 60.7 Å². The molecule has 0 radical (unpaired) electrons. The van der Waals surface area contributed by atoms with Crippen LogP contribution < -0.4 is 20.3 Å². The molecule has 0 spiro atoms. The normalized spacial score (nSPS) is 11.1. The molecule has 1 heterocycles. The Morgan fingerprint density at radius 3 is 1.66 bits per heavy atom. The van der Waals surface area contributed by atoms with Gasteiger partial charge in [0.05, 0.1) is 0 Å². The van der Waals surface area contributed by atoms with Gasteiger partial charge >= 0.3 is 0 Å². The van der Waals surface area contributed by atoms with Crippen LogP contribution in [0, 0.1) is 0 Å². The molecule has 0 bridgehead atoms. The van der Waals surface area contributed by atoms with Gasteiger partial charge in [0.25, 0.3) is 5.36 Å². The van der Waals surface area contributed by atoms with E-state index in [9.17, 15) is 4.79 Å². The van der Waals surface area contributed by atoms with Crippen molar-refractivity contribution >= 4 is 5.69 Å². The molecule has 0 aliphatic heterocycles. The van der Waals surface area contributed by atoms with Gasteiger partial charge in [0.2, 0.25) is 5.43 Å². The van der Waals surface area contributed by atoms with Gasteiger partial charge in [0, 0.05) is 24.2 Å². The third kappa shape index (κ3) is 3.88. The smallest absolute Gasteiger partial charge is 0.256 e. The first-order chi connectivity index (χ1) is 15.6. The zero-order chi connectivity index (χ0) is 22.7. The van der Waals surface area contributed by atoms with E-state index in [-0.39, 0.29) is 5.43 Å². The Morgan fingerprint density at radius 2 is 1.25 bits per heavy atom. The molecule has 4 aromatic rings. The molecule has 0 aliphatic carbocycles. The Hall–Kier alpha value is -3.54.